The van der Waals surface area contributed by atoms with Crippen molar-refractivity contribution in [2.45, 2.75) is 123 Å². The van der Waals surface area contributed by atoms with Crippen LogP contribution in [0, 0.1) is 0 Å². The van der Waals surface area contributed by atoms with Gasteiger partial charge in [-0.2, -0.15) is 0 Å². The Bertz CT molecular complexity index is 543. The summed E-state index contributed by atoms with van der Waals surface area (Å²) < 4.78 is 49.9. The Hall–Kier alpha value is -0.400. The highest BCUT2D eigenvalue weighted by atomic mass is 16.6. The predicted octanol–water partition coefficient (Wildman–Crippen LogP) is 6.39. The lowest BCUT2D eigenvalue weighted by atomic mass is 10.0. The first-order valence-electron chi connectivity index (χ1n) is 18.6. The van der Waals surface area contributed by atoms with Crippen molar-refractivity contribution in [3.63, 3.8) is 0 Å². The molecule has 0 fully saturated rings. The Morgan fingerprint density at radius 1 is 0.348 bits per heavy atom. The minimum Gasteiger partial charge on any atom is -0.394 e. The van der Waals surface area contributed by atoms with Gasteiger partial charge in [-0.15, -0.1) is 0 Å². The molecule has 2 unspecified atom stereocenters. The third kappa shape index (κ3) is 39.8. The summed E-state index contributed by atoms with van der Waals surface area (Å²) >= 11 is 0. The van der Waals surface area contributed by atoms with Crippen molar-refractivity contribution in [1.82, 2.24) is 0 Å². The van der Waals surface area contributed by atoms with Crippen molar-refractivity contribution in [3.8, 4) is 0 Å². The van der Waals surface area contributed by atoms with Crippen molar-refractivity contribution in [3.05, 3.63) is 0 Å². The van der Waals surface area contributed by atoms with Crippen LogP contribution in [-0.2, 0) is 42.6 Å². The van der Waals surface area contributed by atoms with E-state index in [9.17, 15) is 0 Å². The van der Waals surface area contributed by atoms with Crippen LogP contribution in [0.25, 0.3) is 0 Å². The maximum absolute atomic E-state index is 8.59. The summed E-state index contributed by atoms with van der Waals surface area (Å²) in [5, 5.41) is 8.59. The SMILES string of the molecule is CCCCCCCCCCCCCCCCOCC(C)OCC(C)OCCOCCOCCOCCOCCOCCOCCO. The van der Waals surface area contributed by atoms with E-state index >= 15 is 0 Å². The predicted molar refractivity (Wildman–Crippen MR) is 184 cm³/mol. The molecule has 0 heterocycles. The fraction of sp³-hybridized carbons (Fsp3) is 1.00. The second-order valence-electron chi connectivity index (χ2n) is 11.9. The number of rotatable bonds is 41. The number of ether oxygens (including phenoxy) is 9. The molecular weight excluding hydrogens is 592 g/mol. The summed E-state index contributed by atoms with van der Waals surface area (Å²) in [6, 6.07) is 0. The zero-order valence-corrected chi connectivity index (χ0v) is 30.2. The normalized spacial score (nSPS) is 13.0. The maximum Gasteiger partial charge on any atom is 0.0781 e. The van der Waals surface area contributed by atoms with Crippen LogP contribution >= 0.6 is 0 Å². The van der Waals surface area contributed by atoms with Gasteiger partial charge >= 0.3 is 0 Å². The average molecular weight is 667 g/mol. The Balaban J connectivity index is 3.24. The van der Waals surface area contributed by atoms with E-state index in [0.717, 1.165) is 13.0 Å². The van der Waals surface area contributed by atoms with Gasteiger partial charge in [0.2, 0.25) is 0 Å². The standard InChI is InChI=1S/C36H74O10/c1-4-5-6-7-8-9-10-11-12-13-14-15-16-17-19-44-33-35(2)46-34-36(3)45-32-31-43-30-29-42-28-27-41-26-25-40-24-23-39-22-21-38-20-18-37/h35-37H,4-34H2,1-3H3. The van der Waals surface area contributed by atoms with Gasteiger partial charge in [-0.3, -0.25) is 0 Å². The quantitative estimate of drug-likeness (QED) is 0.0739. The van der Waals surface area contributed by atoms with Gasteiger partial charge in [-0.05, 0) is 20.3 Å². The number of aliphatic hydroxyl groups is 1. The molecule has 0 bridgehead atoms. The van der Waals surface area contributed by atoms with Crippen LogP contribution in [-0.4, -0.2) is 130 Å². The molecule has 0 spiro atoms. The first kappa shape index (κ1) is 45.6. The average Bonchev–Trinajstić information content (AvgIpc) is 3.06. The fourth-order valence-corrected chi connectivity index (χ4v) is 4.62. The molecule has 0 rings (SSSR count). The van der Waals surface area contributed by atoms with Crippen LogP contribution in [0.3, 0.4) is 0 Å². The molecule has 278 valence electrons. The number of hydrogen-bond donors (Lipinski definition) is 1. The molecule has 0 aromatic heterocycles. The molecule has 0 aromatic rings. The Morgan fingerprint density at radius 2 is 0.696 bits per heavy atom. The molecule has 0 radical (unpaired) electrons. The molecule has 10 heteroatoms. The lowest BCUT2D eigenvalue weighted by molar-refractivity contribution is -0.0689. The Kier molecular flexibility index (Phi) is 40.4. The van der Waals surface area contributed by atoms with Crippen LogP contribution in [0.5, 0.6) is 0 Å². The molecule has 0 saturated carbocycles. The van der Waals surface area contributed by atoms with Gasteiger partial charge in [0.15, 0.2) is 0 Å². The molecule has 1 N–H and O–H groups in total. The van der Waals surface area contributed by atoms with Crippen molar-refractivity contribution in [1.29, 1.82) is 0 Å². The van der Waals surface area contributed by atoms with Gasteiger partial charge in [0.05, 0.1) is 118 Å². The molecule has 0 aliphatic carbocycles. The van der Waals surface area contributed by atoms with Gasteiger partial charge in [0.1, 0.15) is 0 Å². The highest BCUT2D eigenvalue weighted by Crippen LogP contribution is 2.13. The van der Waals surface area contributed by atoms with Crippen molar-refractivity contribution < 1.29 is 47.7 Å². The van der Waals surface area contributed by atoms with Gasteiger partial charge in [-0.25, -0.2) is 0 Å². The molecule has 0 aromatic carbocycles. The minimum atomic E-state index is 0.0127. The fourth-order valence-electron chi connectivity index (χ4n) is 4.62. The van der Waals surface area contributed by atoms with E-state index in [1.807, 2.05) is 6.92 Å². The summed E-state index contributed by atoms with van der Waals surface area (Å²) in [6.07, 6.45) is 19.3. The van der Waals surface area contributed by atoms with E-state index in [0.29, 0.717) is 99.1 Å². The van der Waals surface area contributed by atoms with Crippen LogP contribution in [0.15, 0.2) is 0 Å². The second kappa shape index (κ2) is 40.8. The Morgan fingerprint density at radius 3 is 1.11 bits per heavy atom. The smallest absolute Gasteiger partial charge is 0.0781 e. The maximum atomic E-state index is 8.59. The molecule has 0 amide bonds. The van der Waals surface area contributed by atoms with Crippen LogP contribution in [0.4, 0.5) is 0 Å². The first-order valence-corrected chi connectivity index (χ1v) is 18.6. The van der Waals surface area contributed by atoms with Gasteiger partial charge in [0.25, 0.3) is 0 Å². The highest BCUT2D eigenvalue weighted by Gasteiger charge is 2.07. The zero-order chi connectivity index (χ0) is 33.4. The van der Waals surface area contributed by atoms with Crippen LogP contribution in [0.1, 0.15) is 111 Å². The monoisotopic (exact) mass is 667 g/mol. The largest absolute Gasteiger partial charge is 0.394 e. The van der Waals surface area contributed by atoms with E-state index in [1.165, 1.54) is 83.5 Å². The molecule has 0 aliphatic rings. The first-order chi connectivity index (χ1) is 22.7. The van der Waals surface area contributed by atoms with Crippen LogP contribution < -0.4 is 0 Å². The van der Waals surface area contributed by atoms with E-state index in [1.54, 1.807) is 0 Å². The minimum absolute atomic E-state index is 0.0127. The zero-order valence-electron chi connectivity index (χ0n) is 30.2. The van der Waals surface area contributed by atoms with E-state index in [2.05, 4.69) is 13.8 Å². The van der Waals surface area contributed by atoms with Crippen LogP contribution in [0.2, 0.25) is 0 Å². The second-order valence-corrected chi connectivity index (χ2v) is 11.9. The molecule has 0 aliphatic heterocycles. The highest BCUT2D eigenvalue weighted by molar-refractivity contribution is 4.54. The summed E-state index contributed by atoms with van der Waals surface area (Å²) in [6.45, 7) is 14.9. The summed E-state index contributed by atoms with van der Waals surface area (Å²) in [4.78, 5) is 0. The number of unbranched alkanes of at least 4 members (excludes halogenated alkanes) is 13. The number of aliphatic hydroxyl groups excluding tert-OH is 1. The lowest BCUT2D eigenvalue weighted by Gasteiger charge is -2.18. The van der Waals surface area contributed by atoms with Crippen molar-refractivity contribution >= 4 is 0 Å². The topological polar surface area (TPSA) is 103 Å². The lowest BCUT2D eigenvalue weighted by Crippen LogP contribution is -2.24. The summed E-state index contributed by atoms with van der Waals surface area (Å²) in [5.74, 6) is 0. The molecule has 46 heavy (non-hydrogen) atoms. The van der Waals surface area contributed by atoms with E-state index < -0.39 is 0 Å². The van der Waals surface area contributed by atoms with Gasteiger partial charge < -0.3 is 47.7 Å². The molecule has 2 atom stereocenters. The molecule has 0 saturated heterocycles. The summed E-state index contributed by atoms with van der Waals surface area (Å²) in [5.41, 5.74) is 0. The molecule has 10 nitrogen and oxygen atoms in total. The Labute approximate surface area is 282 Å². The molecular formula is C36H74O10. The van der Waals surface area contributed by atoms with E-state index in [-0.39, 0.29) is 18.8 Å². The summed E-state index contributed by atoms with van der Waals surface area (Å²) in [7, 11) is 0. The third-order valence-electron chi connectivity index (χ3n) is 7.34. The number of hydrogen-bond acceptors (Lipinski definition) is 10. The van der Waals surface area contributed by atoms with E-state index in [4.69, 9.17) is 47.7 Å². The third-order valence-corrected chi connectivity index (χ3v) is 7.34. The van der Waals surface area contributed by atoms with Gasteiger partial charge in [0, 0.05) is 6.61 Å². The van der Waals surface area contributed by atoms with Crippen molar-refractivity contribution in [2.75, 3.05) is 112 Å². The van der Waals surface area contributed by atoms with Crippen molar-refractivity contribution in [2.24, 2.45) is 0 Å². The van der Waals surface area contributed by atoms with Gasteiger partial charge in [-0.1, -0.05) is 90.4 Å².